The summed E-state index contributed by atoms with van der Waals surface area (Å²) in [7, 11) is 1.55. The molecule has 20 heavy (non-hydrogen) atoms. The zero-order chi connectivity index (χ0) is 15.2. The van der Waals surface area contributed by atoms with Crippen molar-refractivity contribution in [3.63, 3.8) is 0 Å². The Hall–Kier alpha value is -1.90. The third-order valence-electron chi connectivity index (χ3n) is 2.51. The minimum absolute atomic E-state index is 0.160. The van der Waals surface area contributed by atoms with E-state index in [1.807, 2.05) is 13.8 Å². The first-order valence-electron chi connectivity index (χ1n) is 6.19. The number of nitrogens with one attached hydrogen (secondary N) is 1. The largest absolute Gasteiger partial charge is 0.382 e. The number of methoxy groups -OCH3 is 1. The molecule has 5 heteroatoms. The first kappa shape index (κ1) is 16.2. The van der Waals surface area contributed by atoms with Crippen molar-refractivity contribution in [1.82, 2.24) is 5.32 Å². The van der Waals surface area contributed by atoms with E-state index in [0.717, 1.165) is 0 Å². The number of rotatable bonds is 4. The molecule has 1 aromatic rings. The van der Waals surface area contributed by atoms with E-state index in [2.05, 4.69) is 17.2 Å². The maximum atomic E-state index is 13.8. The van der Waals surface area contributed by atoms with Crippen LogP contribution in [0.1, 0.15) is 29.8 Å². The number of benzene rings is 1. The number of halogens is 1. The van der Waals surface area contributed by atoms with E-state index in [1.165, 1.54) is 18.2 Å². The summed E-state index contributed by atoms with van der Waals surface area (Å²) in [5.41, 5.74) is 5.17. The van der Waals surface area contributed by atoms with Crippen LogP contribution in [-0.4, -0.2) is 31.7 Å². The lowest BCUT2D eigenvalue weighted by Crippen LogP contribution is -2.46. The van der Waals surface area contributed by atoms with Crippen molar-refractivity contribution in [3.8, 4) is 11.8 Å². The molecule has 1 rings (SSSR count). The van der Waals surface area contributed by atoms with E-state index in [4.69, 9.17) is 10.5 Å². The van der Waals surface area contributed by atoms with Crippen LogP contribution < -0.4 is 11.1 Å². The zero-order valence-corrected chi connectivity index (χ0v) is 11.9. The second-order valence-corrected chi connectivity index (χ2v) is 4.97. The van der Waals surface area contributed by atoms with E-state index in [0.29, 0.717) is 6.61 Å². The van der Waals surface area contributed by atoms with Gasteiger partial charge in [-0.2, -0.15) is 0 Å². The van der Waals surface area contributed by atoms with Crippen molar-refractivity contribution in [2.75, 3.05) is 20.3 Å². The molecule has 0 spiro atoms. The molecule has 0 atom stereocenters. The fraction of sp³-hybridized carbons (Fsp3) is 0.400. The van der Waals surface area contributed by atoms with Gasteiger partial charge in [0.05, 0.1) is 24.3 Å². The summed E-state index contributed by atoms with van der Waals surface area (Å²) in [6.07, 6.45) is 0. The van der Waals surface area contributed by atoms with Crippen molar-refractivity contribution in [2.45, 2.75) is 19.4 Å². The monoisotopic (exact) mass is 278 g/mol. The van der Waals surface area contributed by atoms with Gasteiger partial charge in [-0.15, -0.1) is 0 Å². The second kappa shape index (κ2) is 7.04. The summed E-state index contributed by atoms with van der Waals surface area (Å²) in [6.45, 7) is 4.17. The first-order valence-corrected chi connectivity index (χ1v) is 6.19. The Morgan fingerprint density at radius 3 is 2.75 bits per heavy atom. The highest BCUT2D eigenvalue weighted by atomic mass is 19.1. The number of hydrogen-bond donors (Lipinski definition) is 2. The molecule has 0 bridgehead atoms. The molecule has 1 amide bonds. The molecular formula is C15H19FN2O2. The van der Waals surface area contributed by atoms with Gasteiger partial charge in [0, 0.05) is 12.7 Å². The standard InChI is InChI=1S/C15H19FN2O2/c1-15(2,10-20-3)18-14(19)12-7-6-11(5-4-8-17)13(16)9-12/h6-7,9H,8,10,17H2,1-3H3,(H,18,19). The molecule has 0 heterocycles. The SMILES string of the molecule is COCC(C)(C)NC(=O)c1ccc(C#CCN)c(F)c1. The zero-order valence-electron chi connectivity index (χ0n) is 11.9. The lowest BCUT2D eigenvalue weighted by atomic mass is 10.1. The Balaban J connectivity index is 2.88. The molecule has 0 aliphatic heterocycles. The molecule has 0 aliphatic carbocycles. The number of carbonyl (C=O) groups excluding carboxylic acids is 1. The quantitative estimate of drug-likeness (QED) is 0.816. The number of nitrogens with two attached hydrogens (primary N) is 1. The Labute approximate surface area is 118 Å². The fourth-order valence-electron chi connectivity index (χ4n) is 1.68. The van der Waals surface area contributed by atoms with Gasteiger partial charge in [0.15, 0.2) is 0 Å². The van der Waals surface area contributed by atoms with Gasteiger partial charge in [-0.3, -0.25) is 4.79 Å². The molecule has 0 aromatic heterocycles. The van der Waals surface area contributed by atoms with Crippen LogP contribution in [-0.2, 0) is 4.74 Å². The van der Waals surface area contributed by atoms with Crippen molar-refractivity contribution >= 4 is 5.91 Å². The van der Waals surface area contributed by atoms with Crippen LogP contribution in [0.25, 0.3) is 0 Å². The van der Waals surface area contributed by atoms with Crippen molar-refractivity contribution in [1.29, 1.82) is 0 Å². The van der Waals surface area contributed by atoms with Gasteiger partial charge in [-0.1, -0.05) is 11.8 Å². The van der Waals surface area contributed by atoms with Crippen LogP contribution in [0.5, 0.6) is 0 Å². The number of amides is 1. The average molecular weight is 278 g/mol. The lowest BCUT2D eigenvalue weighted by molar-refractivity contribution is 0.0819. The maximum Gasteiger partial charge on any atom is 0.251 e. The van der Waals surface area contributed by atoms with Crippen LogP contribution in [0.3, 0.4) is 0 Å². The van der Waals surface area contributed by atoms with Crippen LogP contribution in [0.2, 0.25) is 0 Å². The minimum Gasteiger partial charge on any atom is -0.382 e. The molecule has 0 saturated carbocycles. The highest BCUT2D eigenvalue weighted by Crippen LogP contribution is 2.11. The van der Waals surface area contributed by atoms with Gasteiger partial charge in [0.25, 0.3) is 5.91 Å². The number of carbonyl (C=O) groups is 1. The topological polar surface area (TPSA) is 64.3 Å². The predicted octanol–water partition coefficient (Wildman–Crippen LogP) is 1.29. The van der Waals surface area contributed by atoms with Crippen molar-refractivity contribution in [2.24, 2.45) is 5.73 Å². The Kier molecular flexibility index (Phi) is 5.68. The molecule has 1 aromatic carbocycles. The molecule has 3 N–H and O–H groups in total. The molecule has 0 aliphatic rings. The summed E-state index contributed by atoms with van der Waals surface area (Å²) in [4.78, 5) is 12.0. The van der Waals surface area contributed by atoms with Gasteiger partial charge in [-0.25, -0.2) is 4.39 Å². The van der Waals surface area contributed by atoms with Crippen molar-refractivity contribution in [3.05, 3.63) is 35.1 Å². The average Bonchev–Trinajstić information content (AvgIpc) is 2.36. The van der Waals surface area contributed by atoms with Gasteiger partial charge in [0.1, 0.15) is 5.82 Å². The third kappa shape index (κ3) is 4.65. The van der Waals surface area contributed by atoms with Crippen molar-refractivity contribution < 1.29 is 13.9 Å². The number of hydrogen-bond acceptors (Lipinski definition) is 3. The molecule has 0 unspecified atom stereocenters. The normalized spacial score (nSPS) is 10.7. The summed E-state index contributed by atoms with van der Waals surface area (Å²) in [5.74, 6) is 4.28. The maximum absolute atomic E-state index is 13.8. The molecular weight excluding hydrogens is 259 g/mol. The second-order valence-electron chi connectivity index (χ2n) is 4.97. The Bertz CT molecular complexity index is 545. The highest BCUT2D eigenvalue weighted by molar-refractivity contribution is 5.94. The lowest BCUT2D eigenvalue weighted by Gasteiger charge is -2.25. The molecule has 4 nitrogen and oxygen atoms in total. The molecule has 0 fully saturated rings. The third-order valence-corrected chi connectivity index (χ3v) is 2.51. The van der Waals surface area contributed by atoms with E-state index >= 15 is 0 Å². The molecule has 108 valence electrons. The minimum atomic E-state index is -0.539. The van der Waals surface area contributed by atoms with Crippen LogP contribution in [0.15, 0.2) is 18.2 Å². The smallest absolute Gasteiger partial charge is 0.251 e. The van der Waals surface area contributed by atoms with Crippen LogP contribution in [0.4, 0.5) is 4.39 Å². The van der Waals surface area contributed by atoms with Gasteiger partial charge in [0.2, 0.25) is 0 Å². The molecule has 0 saturated heterocycles. The molecule has 0 radical (unpaired) electrons. The summed E-state index contributed by atoms with van der Waals surface area (Å²) in [6, 6.07) is 4.16. The van der Waals surface area contributed by atoms with E-state index in [1.54, 1.807) is 7.11 Å². The van der Waals surface area contributed by atoms with Gasteiger partial charge < -0.3 is 15.8 Å². The Morgan fingerprint density at radius 2 is 2.20 bits per heavy atom. The predicted molar refractivity (Wildman–Crippen MR) is 75.8 cm³/mol. The fourth-order valence-corrected chi connectivity index (χ4v) is 1.68. The van der Waals surface area contributed by atoms with E-state index in [9.17, 15) is 9.18 Å². The highest BCUT2D eigenvalue weighted by Gasteiger charge is 2.21. The van der Waals surface area contributed by atoms with Crippen LogP contribution in [0, 0.1) is 17.7 Å². The van der Waals surface area contributed by atoms with Gasteiger partial charge in [-0.05, 0) is 32.0 Å². The Morgan fingerprint density at radius 1 is 1.50 bits per heavy atom. The first-order chi connectivity index (χ1) is 9.39. The summed E-state index contributed by atoms with van der Waals surface area (Å²) >= 11 is 0. The van der Waals surface area contributed by atoms with Crippen LogP contribution >= 0.6 is 0 Å². The summed E-state index contributed by atoms with van der Waals surface area (Å²) in [5, 5.41) is 2.78. The van der Waals surface area contributed by atoms with E-state index < -0.39 is 11.4 Å². The summed E-state index contributed by atoms with van der Waals surface area (Å²) < 4.78 is 18.8. The van der Waals surface area contributed by atoms with E-state index in [-0.39, 0.29) is 23.6 Å². The van der Waals surface area contributed by atoms with Gasteiger partial charge >= 0.3 is 0 Å². The number of ether oxygens (including phenoxy) is 1.